The molecule has 0 N–H and O–H groups in total. The highest BCUT2D eigenvalue weighted by molar-refractivity contribution is 6.29. The highest BCUT2D eigenvalue weighted by Crippen LogP contribution is 2.11. The quantitative estimate of drug-likeness (QED) is 0.867. The molecule has 0 saturated heterocycles. The van der Waals surface area contributed by atoms with E-state index in [1.807, 2.05) is 0 Å². The first-order valence-electron chi connectivity index (χ1n) is 5.56. The minimum absolute atomic E-state index is 0.163. The Bertz CT molecular complexity index is 589. The Kier molecular flexibility index (Phi) is 4.06. The molecule has 98 valence electrons. The molecule has 0 saturated carbocycles. The number of nitrogens with zero attached hydrogens (tertiary/aromatic N) is 3. The fourth-order valence-electron chi connectivity index (χ4n) is 1.58. The largest absolute Gasteiger partial charge is 0.336 e. The van der Waals surface area contributed by atoms with Crippen LogP contribution in [0.15, 0.2) is 36.4 Å². The number of amides is 1. The van der Waals surface area contributed by atoms with Gasteiger partial charge in [-0.1, -0.05) is 29.8 Å². The smallest absolute Gasteiger partial charge is 0.274 e. The SMILES string of the molecule is CN(Cc1ccccc1F)C(=O)c1ccc(Cl)nn1. The molecule has 1 amide bonds. The molecule has 0 aliphatic heterocycles. The minimum Gasteiger partial charge on any atom is -0.336 e. The Hall–Kier alpha value is -2.01. The molecule has 0 aliphatic carbocycles. The molecular weight excluding hydrogens is 269 g/mol. The van der Waals surface area contributed by atoms with E-state index in [4.69, 9.17) is 11.6 Å². The Morgan fingerprint density at radius 1 is 1.26 bits per heavy atom. The predicted molar refractivity (Wildman–Crippen MR) is 69.2 cm³/mol. The second kappa shape index (κ2) is 5.75. The van der Waals surface area contributed by atoms with E-state index in [-0.39, 0.29) is 29.1 Å². The summed E-state index contributed by atoms with van der Waals surface area (Å²) in [7, 11) is 1.57. The van der Waals surface area contributed by atoms with Crippen molar-refractivity contribution in [3.63, 3.8) is 0 Å². The molecule has 0 aliphatic rings. The van der Waals surface area contributed by atoms with Crippen molar-refractivity contribution in [3.8, 4) is 0 Å². The van der Waals surface area contributed by atoms with Crippen LogP contribution < -0.4 is 0 Å². The molecule has 0 atom stereocenters. The highest BCUT2D eigenvalue weighted by atomic mass is 35.5. The van der Waals surface area contributed by atoms with Crippen LogP contribution in [0.3, 0.4) is 0 Å². The summed E-state index contributed by atoms with van der Waals surface area (Å²) in [5.41, 5.74) is 0.614. The van der Waals surface area contributed by atoms with Gasteiger partial charge in [-0.2, -0.15) is 0 Å². The zero-order valence-electron chi connectivity index (χ0n) is 10.2. The number of carbonyl (C=O) groups is 1. The lowest BCUT2D eigenvalue weighted by Crippen LogP contribution is -2.27. The fraction of sp³-hybridized carbons (Fsp3) is 0.154. The Labute approximate surface area is 114 Å². The van der Waals surface area contributed by atoms with Gasteiger partial charge < -0.3 is 4.90 Å². The van der Waals surface area contributed by atoms with Gasteiger partial charge in [0, 0.05) is 19.2 Å². The average Bonchev–Trinajstić information content (AvgIpc) is 2.41. The third-order valence-corrected chi connectivity index (χ3v) is 2.76. The fourth-order valence-corrected chi connectivity index (χ4v) is 1.68. The van der Waals surface area contributed by atoms with Gasteiger partial charge in [-0.05, 0) is 18.2 Å². The Morgan fingerprint density at radius 3 is 2.63 bits per heavy atom. The molecule has 2 rings (SSSR count). The molecule has 6 heteroatoms. The van der Waals surface area contributed by atoms with Crippen LogP contribution in [0.25, 0.3) is 0 Å². The Balaban J connectivity index is 2.12. The van der Waals surface area contributed by atoms with Crippen LogP contribution in [-0.4, -0.2) is 28.1 Å². The standard InChI is InChI=1S/C13H11ClFN3O/c1-18(8-9-4-2-3-5-10(9)15)13(19)11-6-7-12(14)17-16-11/h2-7H,8H2,1H3. The number of halogens is 2. The van der Waals surface area contributed by atoms with Gasteiger partial charge >= 0.3 is 0 Å². The molecule has 0 unspecified atom stereocenters. The van der Waals surface area contributed by atoms with Gasteiger partial charge in [0.2, 0.25) is 0 Å². The van der Waals surface area contributed by atoms with Crippen LogP contribution in [0.2, 0.25) is 5.15 Å². The molecular formula is C13H11ClFN3O. The van der Waals surface area contributed by atoms with Crippen molar-refractivity contribution in [2.24, 2.45) is 0 Å². The van der Waals surface area contributed by atoms with Crippen molar-refractivity contribution < 1.29 is 9.18 Å². The van der Waals surface area contributed by atoms with Crippen LogP contribution in [0.1, 0.15) is 16.1 Å². The van der Waals surface area contributed by atoms with E-state index in [1.165, 1.54) is 23.1 Å². The normalized spacial score (nSPS) is 10.3. The molecule has 0 radical (unpaired) electrons. The first kappa shape index (κ1) is 13.4. The molecule has 1 aromatic carbocycles. The number of hydrogen-bond donors (Lipinski definition) is 0. The van der Waals surface area contributed by atoms with Crippen LogP contribution in [0, 0.1) is 5.82 Å². The van der Waals surface area contributed by atoms with Gasteiger partial charge in [0.15, 0.2) is 10.8 Å². The molecule has 0 fully saturated rings. The van der Waals surface area contributed by atoms with E-state index in [0.717, 1.165) is 0 Å². The van der Waals surface area contributed by atoms with Crippen LogP contribution in [0.5, 0.6) is 0 Å². The summed E-state index contributed by atoms with van der Waals surface area (Å²) >= 11 is 5.60. The summed E-state index contributed by atoms with van der Waals surface area (Å²) in [4.78, 5) is 13.4. The van der Waals surface area contributed by atoms with Gasteiger partial charge in [-0.15, -0.1) is 10.2 Å². The summed E-state index contributed by atoms with van der Waals surface area (Å²) in [6.45, 7) is 0.163. The van der Waals surface area contributed by atoms with E-state index in [0.29, 0.717) is 5.56 Å². The molecule has 0 spiro atoms. The number of aromatic nitrogens is 2. The molecule has 1 heterocycles. The maximum atomic E-state index is 13.5. The average molecular weight is 280 g/mol. The zero-order chi connectivity index (χ0) is 13.8. The number of hydrogen-bond acceptors (Lipinski definition) is 3. The molecule has 4 nitrogen and oxygen atoms in total. The van der Waals surface area contributed by atoms with Crippen molar-refractivity contribution in [3.05, 3.63) is 58.6 Å². The van der Waals surface area contributed by atoms with Crippen molar-refractivity contribution in [2.45, 2.75) is 6.54 Å². The van der Waals surface area contributed by atoms with Crippen molar-refractivity contribution in [2.75, 3.05) is 7.05 Å². The van der Waals surface area contributed by atoms with Crippen LogP contribution >= 0.6 is 11.6 Å². The molecule has 2 aromatic rings. The maximum absolute atomic E-state index is 13.5. The van der Waals surface area contributed by atoms with Gasteiger partial charge in [0.05, 0.1) is 0 Å². The predicted octanol–water partition coefficient (Wildman–Crippen LogP) is 2.54. The Morgan fingerprint density at radius 2 is 2.00 bits per heavy atom. The number of carbonyl (C=O) groups excluding carboxylic acids is 1. The summed E-state index contributed by atoms with van der Waals surface area (Å²) in [5, 5.41) is 7.51. The molecule has 0 bridgehead atoms. The van der Waals surface area contributed by atoms with Gasteiger partial charge in [-0.25, -0.2) is 4.39 Å². The van der Waals surface area contributed by atoms with E-state index in [1.54, 1.807) is 25.2 Å². The van der Waals surface area contributed by atoms with E-state index in [9.17, 15) is 9.18 Å². The van der Waals surface area contributed by atoms with Gasteiger partial charge in [0.1, 0.15) is 5.82 Å². The summed E-state index contributed by atoms with van der Waals surface area (Å²) in [6, 6.07) is 9.28. The lowest BCUT2D eigenvalue weighted by atomic mass is 10.2. The van der Waals surface area contributed by atoms with Crippen molar-refractivity contribution >= 4 is 17.5 Å². The first-order valence-corrected chi connectivity index (χ1v) is 5.94. The van der Waals surface area contributed by atoms with Gasteiger partial charge in [-0.3, -0.25) is 4.79 Å². The summed E-state index contributed by atoms with van der Waals surface area (Å²) in [6.07, 6.45) is 0. The highest BCUT2D eigenvalue weighted by Gasteiger charge is 2.15. The number of rotatable bonds is 3. The molecule has 1 aromatic heterocycles. The van der Waals surface area contributed by atoms with E-state index < -0.39 is 0 Å². The second-order valence-electron chi connectivity index (χ2n) is 3.99. The van der Waals surface area contributed by atoms with Gasteiger partial charge in [0.25, 0.3) is 5.91 Å². The maximum Gasteiger partial charge on any atom is 0.274 e. The third-order valence-electron chi connectivity index (χ3n) is 2.56. The van der Waals surface area contributed by atoms with Crippen molar-refractivity contribution in [1.29, 1.82) is 0 Å². The summed E-state index contributed by atoms with van der Waals surface area (Å²) in [5.74, 6) is -0.684. The summed E-state index contributed by atoms with van der Waals surface area (Å²) < 4.78 is 13.5. The lowest BCUT2D eigenvalue weighted by Gasteiger charge is -2.16. The monoisotopic (exact) mass is 279 g/mol. The van der Waals surface area contributed by atoms with Crippen molar-refractivity contribution in [1.82, 2.24) is 15.1 Å². The lowest BCUT2D eigenvalue weighted by molar-refractivity contribution is 0.0777. The van der Waals surface area contributed by atoms with E-state index in [2.05, 4.69) is 10.2 Å². The van der Waals surface area contributed by atoms with Crippen LogP contribution in [-0.2, 0) is 6.54 Å². The first-order chi connectivity index (χ1) is 9.08. The molecule has 19 heavy (non-hydrogen) atoms. The number of benzene rings is 1. The second-order valence-corrected chi connectivity index (χ2v) is 4.38. The third kappa shape index (κ3) is 3.26. The zero-order valence-corrected chi connectivity index (χ0v) is 10.9. The topological polar surface area (TPSA) is 46.1 Å². The van der Waals surface area contributed by atoms with Crippen LogP contribution in [0.4, 0.5) is 4.39 Å². The van der Waals surface area contributed by atoms with E-state index >= 15 is 0 Å². The minimum atomic E-state index is -0.343.